The number of nitrogens with zero attached hydrogens (tertiary/aromatic N) is 1. The Morgan fingerprint density at radius 2 is 1.70 bits per heavy atom. The van der Waals surface area contributed by atoms with Crippen LogP contribution in [-0.4, -0.2) is 32.1 Å². The first-order chi connectivity index (χ1) is 13.2. The highest BCUT2D eigenvalue weighted by Crippen LogP contribution is 2.38. The summed E-state index contributed by atoms with van der Waals surface area (Å²) in [6.45, 7) is 0. The Bertz CT molecular complexity index is 973. The van der Waals surface area contributed by atoms with Crippen molar-refractivity contribution in [2.24, 2.45) is 0 Å². The molecular weight excluding hydrogens is 344 g/mol. The lowest BCUT2D eigenvalue weighted by Crippen LogP contribution is -2.01. The van der Waals surface area contributed by atoms with Crippen LogP contribution in [0.1, 0.15) is 10.4 Å². The predicted molar refractivity (Wildman–Crippen MR) is 105 cm³/mol. The number of benzene rings is 2. The summed E-state index contributed by atoms with van der Waals surface area (Å²) in [5.41, 5.74) is 2.14. The van der Waals surface area contributed by atoms with E-state index in [-0.39, 0.29) is 5.78 Å². The molecule has 0 amide bonds. The second-order valence-corrected chi connectivity index (χ2v) is 5.67. The van der Waals surface area contributed by atoms with Gasteiger partial charge in [-0.1, -0.05) is 18.2 Å². The van der Waals surface area contributed by atoms with Gasteiger partial charge in [-0.05, 0) is 24.3 Å². The number of nitrogens with one attached hydrogen (secondary N) is 1. The van der Waals surface area contributed by atoms with E-state index in [0.717, 1.165) is 16.6 Å². The van der Waals surface area contributed by atoms with Crippen LogP contribution >= 0.6 is 0 Å². The second-order valence-electron chi connectivity index (χ2n) is 5.67. The number of carbonyl (C=O) groups excluding carboxylic acids is 1. The second kappa shape index (κ2) is 8.23. The molecule has 0 bridgehead atoms. The first-order valence-corrected chi connectivity index (χ1v) is 8.28. The Kier molecular flexibility index (Phi) is 5.56. The normalized spacial score (nSPS) is 10.8. The van der Waals surface area contributed by atoms with Gasteiger partial charge in [0.25, 0.3) is 0 Å². The lowest BCUT2D eigenvalue weighted by atomic mass is 10.1. The Morgan fingerprint density at radius 3 is 2.37 bits per heavy atom. The van der Waals surface area contributed by atoms with Gasteiger partial charge in [0.1, 0.15) is 0 Å². The predicted octanol–water partition coefficient (Wildman–Crippen LogP) is 4.07. The highest BCUT2D eigenvalue weighted by atomic mass is 16.5. The fraction of sp³-hybridized carbons (Fsp3) is 0.143. The molecule has 0 saturated heterocycles. The summed E-state index contributed by atoms with van der Waals surface area (Å²) < 4.78 is 15.8. The number of pyridine rings is 1. The van der Waals surface area contributed by atoms with Crippen molar-refractivity contribution in [1.82, 2.24) is 4.98 Å². The van der Waals surface area contributed by atoms with Crippen molar-refractivity contribution in [2.45, 2.75) is 0 Å². The van der Waals surface area contributed by atoms with E-state index < -0.39 is 0 Å². The zero-order chi connectivity index (χ0) is 19.2. The van der Waals surface area contributed by atoms with Gasteiger partial charge in [0.15, 0.2) is 17.3 Å². The molecule has 138 valence electrons. The minimum absolute atomic E-state index is 0.199. The maximum atomic E-state index is 12.5. The third-order valence-electron chi connectivity index (χ3n) is 4.02. The van der Waals surface area contributed by atoms with Crippen LogP contribution in [0.15, 0.2) is 60.9 Å². The van der Waals surface area contributed by atoms with Gasteiger partial charge < -0.3 is 19.5 Å². The van der Waals surface area contributed by atoms with E-state index in [2.05, 4.69) is 10.3 Å². The van der Waals surface area contributed by atoms with E-state index in [0.29, 0.717) is 22.8 Å². The van der Waals surface area contributed by atoms with Crippen LogP contribution in [0.5, 0.6) is 17.2 Å². The summed E-state index contributed by atoms with van der Waals surface area (Å²) in [6, 6.07) is 13.0. The molecule has 0 saturated carbocycles. The first-order valence-electron chi connectivity index (χ1n) is 8.28. The van der Waals surface area contributed by atoms with E-state index in [4.69, 9.17) is 14.2 Å². The van der Waals surface area contributed by atoms with E-state index in [1.807, 2.05) is 30.3 Å². The quantitative estimate of drug-likeness (QED) is 0.503. The van der Waals surface area contributed by atoms with Crippen LogP contribution in [0.2, 0.25) is 0 Å². The Hall–Kier alpha value is -3.54. The van der Waals surface area contributed by atoms with Gasteiger partial charge >= 0.3 is 0 Å². The minimum Gasteiger partial charge on any atom is -0.493 e. The van der Waals surface area contributed by atoms with Gasteiger partial charge in [0.2, 0.25) is 5.75 Å². The molecule has 27 heavy (non-hydrogen) atoms. The van der Waals surface area contributed by atoms with E-state index >= 15 is 0 Å². The van der Waals surface area contributed by atoms with Crippen molar-refractivity contribution in [3.05, 3.63) is 66.5 Å². The van der Waals surface area contributed by atoms with E-state index in [1.54, 1.807) is 24.5 Å². The Balaban J connectivity index is 1.77. The number of ketones is 1. The zero-order valence-electron chi connectivity index (χ0n) is 15.4. The molecule has 0 aliphatic carbocycles. The molecule has 2 aromatic carbocycles. The van der Waals surface area contributed by atoms with Gasteiger partial charge in [0.05, 0.1) is 38.7 Å². The summed E-state index contributed by atoms with van der Waals surface area (Å²) >= 11 is 0. The van der Waals surface area contributed by atoms with Crippen molar-refractivity contribution in [3.8, 4) is 17.2 Å². The van der Waals surface area contributed by atoms with Gasteiger partial charge in [-0.3, -0.25) is 9.78 Å². The third-order valence-corrected chi connectivity index (χ3v) is 4.02. The number of ether oxygens (including phenoxy) is 3. The number of rotatable bonds is 7. The summed E-state index contributed by atoms with van der Waals surface area (Å²) in [4.78, 5) is 16.9. The average molecular weight is 364 g/mol. The highest BCUT2D eigenvalue weighted by molar-refractivity contribution is 6.05. The molecule has 0 unspecified atom stereocenters. The molecule has 0 atom stereocenters. The first kappa shape index (κ1) is 18.3. The number of carbonyl (C=O) groups is 1. The molecule has 3 aromatic rings. The van der Waals surface area contributed by atoms with Crippen LogP contribution in [0.25, 0.3) is 10.9 Å². The van der Waals surface area contributed by atoms with Crippen LogP contribution in [0.3, 0.4) is 0 Å². The smallest absolute Gasteiger partial charge is 0.203 e. The summed E-state index contributed by atoms with van der Waals surface area (Å²) in [7, 11) is 4.54. The van der Waals surface area contributed by atoms with Gasteiger partial charge in [0, 0.05) is 23.2 Å². The van der Waals surface area contributed by atoms with Crippen molar-refractivity contribution in [3.63, 3.8) is 0 Å². The molecule has 1 heterocycles. The lowest BCUT2D eigenvalue weighted by molar-refractivity contribution is 0.104. The molecule has 0 aliphatic heterocycles. The SMILES string of the molecule is COc1cc(C(=O)/C=C\Nc2cnc3ccccc3c2)cc(OC)c1OC. The van der Waals surface area contributed by atoms with Crippen LogP contribution < -0.4 is 19.5 Å². The van der Waals surface area contributed by atoms with Crippen molar-refractivity contribution >= 4 is 22.4 Å². The van der Waals surface area contributed by atoms with Crippen molar-refractivity contribution in [2.75, 3.05) is 26.6 Å². The third kappa shape index (κ3) is 4.00. The zero-order valence-corrected chi connectivity index (χ0v) is 15.4. The molecule has 0 fully saturated rings. The van der Waals surface area contributed by atoms with Crippen molar-refractivity contribution in [1.29, 1.82) is 0 Å². The standard InChI is InChI=1S/C21H20N2O4/c1-25-19-11-15(12-20(26-2)21(19)27-3)18(24)8-9-22-16-10-14-6-4-5-7-17(14)23-13-16/h4-13,22H,1-3H3/b9-8-. The number of para-hydroxylation sites is 1. The number of anilines is 1. The molecule has 1 N–H and O–H groups in total. The minimum atomic E-state index is -0.199. The largest absolute Gasteiger partial charge is 0.493 e. The number of methoxy groups -OCH3 is 3. The molecule has 1 aromatic heterocycles. The van der Waals surface area contributed by atoms with Crippen LogP contribution in [-0.2, 0) is 0 Å². The Morgan fingerprint density at radius 1 is 1.00 bits per heavy atom. The number of fused-ring (bicyclic) bond motifs is 1. The summed E-state index contributed by atoms with van der Waals surface area (Å²) in [6.07, 6.45) is 4.74. The topological polar surface area (TPSA) is 69.7 Å². The molecule has 3 rings (SSSR count). The summed E-state index contributed by atoms with van der Waals surface area (Å²) in [5, 5.41) is 4.09. The van der Waals surface area contributed by atoms with Crippen molar-refractivity contribution < 1.29 is 19.0 Å². The molecule has 0 aliphatic rings. The number of aromatic nitrogens is 1. The van der Waals surface area contributed by atoms with Gasteiger partial charge in [-0.15, -0.1) is 0 Å². The fourth-order valence-corrected chi connectivity index (χ4v) is 2.68. The lowest BCUT2D eigenvalue weighted by Gasteiger charge is -2.13. The maximum absolute atomic E-state index is 12.5. The number of allylic oxidation sites excluding steroid dienone is 1. The molecule has 6 heteroatoms. The summed E-state index contributed by atoms with van der Waals surface area (Å²) in [5.74, 6) is 1.11. The molecule has 6 nitrogen and oxygen atoms in total. The Labute approximate surface area is 157 Å². The van der Waals surface area contributed by atoms with Gasteiger partial charge in [-0.25, -0.2) is 0 Å². The van der Waals surface area contributed by atoms with Crippen LogP contribution in [0.4, 0.5) is 5.69 Å². The maximum Gasteiger partial charge on any atom is 0.203 e. The molecule has 0 spiro atoms. The monoisotopic (exact) mass is 364 g/mol. The number of hydrogen-bond acceptors (Lipinski definition) is 6. The van der Waals surface area contributed by atoms with E-state index in [1.165, 1.54) is 27.4 Å². The molecule has 0 radical (unpaired) electrons. The van der Waals surface area contributed by atoms with E-state index in [9.17, 15) is 4.79 Å². The van der Waals surface area contributed by atoms with Gasteiger partial charge in [-0.2, -0.15) is 0 Å². The fourth-order valence-electron chi connectivity index (χ4n) is 2.68. The number of hydrogen-bond donors (Lipinski definition) is 1. The average Bonchev–Trinajstić information content (AvgIpc) is 2.72. The molecular formula is C21H20N2O4. The highest BCUT2D eigenvalue weighted by Gasteiger charge is 2.15. The van der Waals surface area contributed by atoms with Crippen LogP contribution in [0, 0.1) is 0 Å².